The van der Waals surface area contributed by atoms with E-state index >= 15 is 0 Å². The van der Waals surface area contributed by atoms with Gasteiger partial charge in [0.2, 0.25) is 0 Å². The van der Waals surface area contributed by atoms with Crippen molar-refractivity contribution in [2.75, 3.05) is 5.73 Å². The summed E-state index contributed by atoms with van der Waals surface area (Å²) in [5.74, 6) is 1.58. The number of rotatable bonds is 3. The highest BCUT2D eigenvalue weighted by Gasteiger charge is 2.11. The number of benzene rings is 1. The maximum atomic E-state index is 12.3. The van der Waals surface area contributed by atoms with E-state index in [0.29, 0.717) is 27.9 Å². The molecule has 0 fully saturated rings. The molecule has 6 nitrogen and oxygen atoms in total. The first kappa shape index (κ1) is 15.1. The normalized spacial score (nSPS) is 11.4. The summed E-state index contributed by atoms with van der Waals surface area (Å²) >= 11 is 2.89. The molecule has 4 rings (SSSR count). The highest BCUT2D eigenvalue weighted by atomic mass is 32.2. The Morgan fingerprint density at radius 3 is 2.88 bits per heavy atom. The van der Waals surface area contributed by atoms with Gasteiger partial charge in [-0.05, 0) is 23.6 Å². The Morgan fingerprint density at radius 2 is 2.00 bits per heavy atom. The second-order valence-electron chi connectivity index (χ2n) is 5.23. The van der Waals surface area contributed by atoms with Crippen molar-refractivity contribution in [2.45, 2.75) is 10.9 Å². The summed E-state index contributed by atoms with van der Waals surface area (Å²) in [5.41, 5.74) is 6.79. The van der Waals surface area contributed by atoms with Gasteiger partial charge >= 0.3 is 0 Å². The van der Waals surface area contributed by atoms with E-state index in [1.807, 2.05) is 29.6 Å². The van der Waals surface area contributed by atoms with Crippen LogP contribution in [0.25, 0.3) is 21.1 Å². The Hall–Kier alpha value is -2.45. The Morgan fingerprint density at radius 1 is 1.17 bits per heavy atom. The topological polar surface area (TPSA) is 86.7 Å². The number of nitrogen functional groups attached to an aromatic ring is 1. The SMILES string of the molecule is Cn1c(SCc2nc(N)c3ccccc3n2)nc2sccc2c1=O. The summed E-state index contributed by atoms with van der Waals surface area (Å²) in [5, 5.41) is 4.01. The molecule has 0 radical (unpaired) electrons. The Labute approximate surface area is 145 Å². The first-order chi connectivity index (χ1) is 11.6. The summed E-state index contributed by atoms with van der Waals surface area (Å²) in [6.45, 7) is 0. The number of hydrogen-bond acceptors (Lipinski definition) is 7. The molecular formula is C16H13N5OS2. The van der Waals surface area contributed by atoms with E-state index in [0.717, 1.165) is 15.7 Å². The van der Waals surface area contributed by atoms with Crippen molar-refractivity contribution in [2.24, 2.45) is 7.05 Å². The lowest BCUT2D eigenvalue weighted by molar-refractivity contribution is 0.727. The van der Waals surface area contributed by atoms with Gasteiger partial charge in [0.1, 0.15) is 16.5 Å². The van der Waals surface area contributed by atoms with Crippen LogP contribution in [0.1, 0.15) is 5.82 Å². The fraction of sp³-hybridized carbons (Fsp3) is 0.125. The number of thiophene rings is 1. The maximum Gasteiger partial charge on any atom is 0.262 e. The summed E-state index contributed by atoms with van der Waals surface area (Å²) in [6, 6.07) is 9.44. The molecule has 1 aromatic carbocycles. The molecule has 24 heavy (non-hydrogen) atoms. The molecule has 0 unspecified atom stereocenters. The summed E-state index contributed by atoms with van der Waals surface area (Å²) in [7, 11) is 1.73. The van der Waals surface area contributed by atoms with Gasteiger partial charge in [0, 0.05) is 12.4 Å². The molecule has 0 aliphatic rings. The molecule has 0 aliphatic carbocycles. The number of nitrogens with two attached hydrogens (primary N) is 1. The van der Waals surface area contributed by atoms with E-state index in [-0.39, 0.29) is 5.56 Å². The molecule has 3 heterocycles. The summed E-state index contributed by atoms with van der Waals surface area (Å²) in [6.07, 6.45) is 0. The number of aromatic nitrogens is 4. The van der Waals surface area contributed by atoms with E-state index in [4.69, 9.17) is 5.73 Å². The van der Waals surface area contributed by atoms with Crippen LogP contribution in [0, 0.1) is 0 Å². The fourth-order valence-electron chi connectivity index (χ4n) is 2.45. The van der Waals surface area contributed by atoms with Crippen LogP contribution in [0.15, 0.2) is 45.7 Å². The lowest BCUT2D eigenvalue weighted by Gasteiger charge is -2.08. The van der Waals surface area contributed by atoms with Crippen molar-refractivity contribution < 1.29 is 0 Å². The van der Waals surface area contributed by atoms with Gasteiger partial charge in [-0.2, -0.15) is 0 Å². The Kier molecular flexibility index (Phi) is 3.70. The van der Waals surface area contributed by atoms with Crippen molar-refractivity contribution in [1.29, 1.82) is 0 Å². The largest absolute Gasteiger partial charge is 0.383 e. The zero-order chi connectivity index (χ0) is 16.7. The first-order valence-electron chi connectivity index (χ1n) is 7.21. The van der Waals surface area contributed by atoms with E-state index in [1.54, 1.807) is 17.7 Å². The monoisotopic (exact) mass is 355 g/mol. The molecule has 0 saturated heterocycles. The van der Waals surface area contributed by atoms with Crippen molar-refractivity contribution in [3.63, 3.8) is 0 Å². The van der Waals surface area contributed by atoms with Gasteiger partial charge in [0.25, 0.3) is 5.56 Å². The Balaban J connectivity index is 1.68. The predicted octanol–water partition coefficient (Wildman–Crippen LogP) is 2.81. The summed E-state index contributed by atoms with van der Waals surface area (Å²) < 4.78 is 1.56. The standard InChI is InChI=1S/C16H13N5OS2/c1-21-15(22)10-6-7-23-14(10)20-16(21)24-8-12-18-11-5-3-2-4-9(11)13(17)19-12/h2-7H,8H2,1H3,(H2,17,18,19). The zero-order valence-electron chi connectivity index (χ0n) is 12.8. The highest BCUT2D eigenvalue weighted by molar-refractivity contribution is 7.98. The van der Waals surface area contributed by atoms with Gasteiger partial charge in [0.15, 0.2) is 5.16 Å². The number of hydrogen-bond donors (Lipinski definition) is 1. The van der Waals surface area contributed by atoms with Crippen LogP contribution in [0.4, 0.5) is 5.82 Å². The molecule has 0 spiro atoms. The van der Waals surface area contributed by atoms with Gasteiger partial charge in [-0.25, -0.2) is 15.0 Å². The predicted molar refractivity (Wildman–Crippen MR) is 98.4 cm³/mol. The fourth-order valence-corrected chi connectivity index (χ4v) is 4.09. The van der Waals surface area contributed by atoms with Crippen LogP contribution in [0.5, 0.6) is 0 Å². The van der Waals surface area contributed by atoms with Gasteiger partial charge in [0.05, 0.1) is 16.7 Å². The van der Waals surface area contributed by atoms with Crippen LogP contribution < -0.4 is 11.3 Å². The molecule has 4 aromatic rings. The van der Waals surface area contributed by atoms with Crippen LogP contribution in [0.2, 0.25) is 0 Å². The van der Waals surface area contributed by atoms with E-state index in [2.05, 4.69) is 15.0 Å². The maximum absolute atomic E-state index is 12.3. The van der Waals surface area contributed by atoms with Gasteiger partial charge in [-0.1, -0.05) is 23.9 Å². The van der Waals surface area contributed by atoms with Crippen LogP contribution in [0.3, 0.4) is 0 Å². The molecule has 0 aliphatic heterocycles. The van der Waals surface area contributed by atoms with Crippen molar-refractivity contribution >= 4 is 50.0 Å². The highest BCUT2D eigenvalue weighted by Crippen LogP contribution is 2.24. The molecule has 8 heteroatoms. The minimum absolute atomic E-state index is 0.0392. The third-order valence-corrected chi connectivity index (χ3v) is 5.51. The van der Waals surface area contributed by atoms with E-state index in [1.165, 1.54) is 23.1 Å². The quantitative estimate of drug-likeness (QED) is 0.449. The lowest BCUT2D eigenvalue weighted by Crippen LogP contribution is -2.19. The van der Waals surface area contributed by atoms with Crippen molar-refractivity contribution in [1.82, 2.24) is 19.5 Å². The average Bonchev–Trinajstić information content (AvgIpc) is 3.05. The third-order valence-electron chi connectivity index (χ3n) is 3.67. The number of anilines is 1. The molecule has 120 valence electrons. The smallest absolute Gasteiger partial charge is 0.262 e. The number of nitrogens with zero attached hydrogens (tertiary/aromatic N) is 4. The third kappa shape index (κ3) is 2.53. The van der Waals surface area contributed by atoms with E-state index in [9.17, 15) is 4.79 Å². The first-order valence-corrected chi connectivity index (χ1v) is 9.08. The van der Waals surface area contributed by atoms with Crippen LogP contribution in [-0.4, -0.2) is 19.5 Å². The second kappa shape index (κ2) is 5.88. The molecule has 0 atom stereocenters. The van der Waals surface area contributed by atoms with Crippen LogP contribution >= 0.6 is 23.1 Å². The van der Waals surface area contributed by atoms with Crippen molar-refractivity contribution in [3.8, 4) is 0 Å². The van der Waals surface area contributed by atoms with Crippen LogP contribution in [-0.2, 0) is 12.8 Å². The molecule has 0 amide bonds. The zero-order valence-corrected chi connectivity index (χ0v) is 14.4. The number of para-hydroxylation sites is 1. The van der Waals surface area contributed by atoms with Gasteiger partial charge in [-0.15, -0.1) is 11.3 Å². The molecule has 0 bridgehead atoms. The van der Waals surface area contributed by atoms with Gasteiger partial charge < -0.3 is 5.73 Å². The van der Waals surface area contributed by atoms with Crippen molar-refractivity contribution in [3.05, 3.63) is 51.9 Å². The van der Waals surface area contributed by atoms with Gasteiger partial charge in [-0.3, -0.25) is 9.36 Å². The minimum Gasteiger partial charge on any atom is -0.383 e. The lowest BCUT2D eigenvalue weighted by atomic mass is 10.2. The minimum atomic E-state index is -0.0392. The second-order valence-corrected chi connectivity index (χ2v) is 7.07. The molecule has 2 N–H and O–H groups in total. The number of thioether (sulfide) groups is 1. The number of fused-ring (bicyclic) bond motifs is 2. The molecule has 3 aromatic heterocycles. The van der Waals surface area contributed by atoms with E-state index < -0.39 is 0 Å². The summed E-state index contributed by atoms with van der Waals surface area (Å²) in [4.78, 5) is 26.5. The molecular weight excluding hydrogens is 342 g/mol. The Bertz CT molecular complexity index is 1120. The average molecular weight is 355 g/mol. The molecule has 0 saturated carbocycles.